The molecule has 1 fully saturated rings. The zero-order valence-corrected chi connectivity index (χ0v) is 15.9. The number of carbonyl (C=O) groups is 2. The first-order chi connectivity index (χ1) is 12.4. The van der Waals surface area contributed by atoms with Crippen LogP contribution in [0.5, 0.6) is 0 Å². The van der Waals surface area contributed by atoms with Gasteiger partial charge in [-0.25, -0.2) is 4.39 Å². The Labute approximate surface area is 164 Å². The van der Waals surface area contributed by atoms with Crippen LogP contribution in [0.2, 0.25) is 0 Å². The zero-order valence-electron chi connectivity index (χ0n) is 15.1. The van der Waals surface area contributed by atoms with Crippen LogP contribution in [0.1, 0.15) is 22.8 Å². The van der Waals surface area contributed by atoms with E-state index in [0.29, 0.717) is 31.7 Å². The maximum absolute atomic E-state index is 13.3. The largest absolute Gasteiger partial charge is 0.337 e. The molecule has 7 heteroatoms. The molecule has 2 amide bonds. The minimum absolute atomic E-state index is 0. The van der Waals surface area contributed by atoms with Gasteiger partial charge in [-0.1, -0.05) is 36.4 Å². The van der Waals surface area contributed by atoms with Gasteiger partial charge in [-0.3, -0.25) is 9.59 Å². The molecule has 2 N–H and O–H groups in total. The maximum Gasteiger partial charge on any atom is 0.254 e. The average molecular weight is 392 g/mol. The Bertz CT molecular complexity index is 806. The summed E-state index contributed by atoms with van der Waals surface area (Å²) in [7, 11) is 0. The Hall–Kier alpha value is -2.44. The first-order valence-corrected chi connectivity index (χ1v) is 8.58. The number of hydrogen-bond donors (Lipinski definition) is 1. The molecule has 1 atom stereocenters. The molecule has 1 saturated heterocycles. The fraction of sp³-hybridized carbons (Fsp3) is 0.300. The van der Waals surface area contributed by atoms with Gasteiger partial charge in [-0.2, -0.15) is 0 Å². The van der Waals surface area contributed by atoms with Gasteiger partial charge in [0.25, 0.3) is 5.91 Å². The van der Waals surface area contributed by atoms with Gasteiger partial charge < -0.3 is 15.5 Å². The number of nitrogens with zero attached hydrogens (tertiary/aromatic N) is 2. The van der Waals surface area contributed by atoms with E-state index in [1.54, 1.807) is 22.8 Å². The Balaban J connectivity index is 0.00000261. The predicted octanol–water partition coefficient (Wildman–Crippen LogP) is 2.41. The number of piperazine rings is 1. The highest BCUT2D eigenvalue weighted by atomic mass is 35.5. The van der Waals surface area contributed by atoms with Crippen LogP contribution in [0.3, 0.4) is 0 Å². The predicted molar refractivity (Wildman–Crippen MR) is 104 cm³/mol. The van der Waals surface area contributed by atoms with Crippen LogP contribution in [0.4, 0.5) is 4.39 Å². The molecular formula is C20H23ClFN3O2. The van der Waals surface area contributed by atoms with Crippen LogP contribution >= 0.6 is 12.4 Å². The molecular weight excluding hydrogens is 369 g/mol. The van der Waals surface area contributed by atoms with E-state index >= 15 is 0 Å². The Morgan fingerprint density at radius 1 is 0.963 bits per heavy atom. The summed E-state index contributed by atoms with van der Waals surface area (Å²) in [6.45, 7) is 3.30. The van der Waals surface area contributed by atoms with Gasteiger partial charge in [-0.15, -0.1) is 12.4 Å². The molecule has 0 spiro atoms. The summed E-state index contributed by atoms with van der Waals surface area (Å²) in [4.78, 5) is 28.7. The summed E-state index contributed by atoms with van der Waals surface area (Å²) in [6.07, 6.45) is 0. The highest BCUT2D eigenvalue weighted by molar-refractivity contribution is 5.94. The van der Waals surface area contributed by atoms with Gasteiger partial charge in [0.15, 0.2) is 0 Å². The normalized spacial score (nSPS) is 16.3. The minimum Gasteiger partial charge on any atom is -0.337 e. The molecule has 0 bridgehead atoms. The van der Waals surface area contributed by atoms with Crippen molar-refractivity contribution in [3.63, 3.8) is 0 Å². The molecule has 1 heterocycles. The van der Waals surface area contributed by atoms with Gasteiger partial charge in [0.2, 0.25) is 5.91 Å². The van der Waals surface area contributed by atoms with Crippen LogP contribution in [-0.4, -0.2) is 47.8 Å². The van der Waals surface area contributed by atoms with E-state index in [4.69, 9.17) is 5.73 Å². The quantitative estimate of drug-likeness (QED) is 0.873. The lowest BCUT2D eigenvalue weighted by Crippen LogP contribution is -2.57. The lowest BCUT2D eigenvalue weighted by atomic mass is 9.91. The molecule has 144 valence electrons. The van der Waals surface area contributed by atoms with Gasteiger partial charge in [0.1, 0.15) is 11.4 Å². The third-order valence-electron chi connectivity index (χ3n) is 4.74. The molecule has 1 unspecified atom stereocenters. The summed E-state index contributed by atoms with van der Waals surface area (Å²) in [6, 6.07) is 14.9. The topological polar surface area (TPSA) is 66.6 Å². The molecule has 5 nitrogen and oxygen atoms in total. The zero-order chi connectivity index (χ0) is 18.7. The Morgan fingerprint density at radius 2 is 1.56 bits per heavy atom. The highest BCUT2D eigenvalue weighted by Crippen LogP contribution is 2.21. The molecule has 1 aliphatic rings. The lowest BCUT2D eigenvalue weighted by Gasteiger charge is -2.38. The molecule has 3 rings (SSSR count). The van der Waals surface area contributed by atoms with E-state index < -0.39 is 11.4 Å². The van der Waals surface area contributed by atoms with Crippen LogP contribution in [0.25, 0.3) is 0 Å². The van der Waals surface area contributed by atoms with Crippen molar-refractivity contribution in [1.82, 2.24) is 9.80 Å². The minimum atomic E-state index is -1.12. The number of benzene rings is 2. The van der Waals surface area contributed by atoms with E-state index in [9.17, 15) is 14.0 Å². The maximum atomic E-state index is 13.3. The standard InChI is InChI=1S/C20H22FN3O2.ClH/c1-20(22,16-7-3-2-4-8-16)19(26)24-12-10-23(11-13-24)18(25)15-6-5-9-17(21)14-15;/h2-9,14H,10-13,22H2,1H3;1H. The molecule has 0 aliphatic carbocycles. The second-order valence-corrected chi connectivity index (χ2v) is 6.66. The summed E-state index contributed by atoms with van der Waals surface area (Å²) >= 11 is 0. The number of carbonyl (C=O) groups excluding carboxylic acids is 2. The molecule has 27 heavy (non-hydrogen) atoms. The summed E-state index contributed by atoms with van der Waals surface area (Å²) < 4.78 is 13.3. The van der Waals surface area contributed by atoms with E-state index in [0.717, 1.165) is 5.56 Å². The second kappa shape index (κ2) is 8.50. The fourth-order valence-corrected chi connectivity index (χ4v) is 3.15. The average Bonchev–Trinajstić information content (AvgIpc) is 2.67. The third-order valence-corrected chi connectivity index (χ3v) is 4.74. The van der Waals surface area contributed by atoms with Crippen molar-refractivity contribution >= 4 is 24.2 Å². The van der Waals surface area contributed by atoms with Gasteiger partial charge in [-0.05, 0) is 30.7 Å². The lowest BCUT2D eigenvalue weighted by molar-refractivity contribution is -0.138. The van der Waals surface area contributed by atoms with Crippen molar-refractivity contribution in [3.8, 4) is 0 Å². The molecule has 2 aromatic rings. The number of hydrogen-bond acceptors (Lipinski definition) is 3. The molecule has 0 saturated carbocycles. The van der Waals surface area contributed by atoms with Crippen LogP contribution < -0.4 is 5.73 Å². The van der Waals surface area contributed by atoms with E-state index in [1.807, 2.05) is 30.3 Å². The number of nitrogens with two attached hydrogens (primary N) is 1. The van der Waals surface area contributed by atoms with Gasteiger partial charge in [0, 0.05) is 31.7 Å². The number of rotatable bonds is 3. The van der Waals surface area contributed by atoms with Crippen molar-refractivity contribution in [2.24, 2.45) is 5.73 Å². The molecule has 1 aliphatic heterocycles. The van der Waals surface area contributed by atoms with Crippen LogP contribution in [-0.2, 0) is 10.3 Å². The third kappa shape index (κ3) is 4.46. The molecule has 0 aromatic heterocycles. The van der Waals surface area contributed by atoms with E-state index in [2.05, 4.69) is 0 Å². The second-order valence-electron chi connectivity index (χ2n) is 6.66. The van der Waals surface area contributed by atoms with Crippen molar-refractivity contribution in [2.45, 2.75) is 12.5 Å². The Kier molecular flexibility index (Phi) is 6.57. The summed E-state index contributed by atoms with van der Waals surface area (Å²) in [5, 5.41) is 0. The van der Waals surface area contributed by atoms with Crippen molar-refractivity contribution in [2.75, 3.05) is 26.2 Å². The SMILES string of the molecule is CC(N)(C(=O)N1CCN(C(=O)c2cccc(F)c2)CC1)c1ccccc1.Cl. The number of amides is 2. The molecule has 0 radical (unpaired) electrons. The smallest absolute Gasteiger partial charge is 0.254 e. The van der Waals surface area contributed by atoms with E-state index in [-0.39, 0.29) is 24.2 Å². The van der Waals surface area contributed by atoms with Crippen LogP contribution in [0.15, 0.2) is 54.6 Å². The summed E-state index contributed by atoms with van der Waals surface area (Å²) in [5.41, 5.74) is 6.26. The highest BCUT2D eigenvalue weighted by Gasteiger charge is 2.36. The van der Waals surface area contributed by atoms with Crippen molar-refractivity contribution < 1.29 is 14.0 Å². The first-order valence-electron chi connectivity index (χ1n) is 8.58. The summed E-state index contributed by atoms with van der Waals surface area (Å²) in [5.74, 6) is -0.830. The first kappa shape index (κ1) is 20.9. The van der Waals surface area contributed by atoms with Gasteiger partial charge >= 0.3 is 0 Å². The van der Waals surface area contributed by atoms with Gasteiger partial charge in [0.05, 0.1) is 0 Å². The van der Waals surface area contributed by atoms with E-state index in [1.165, 1.54) is 18.2 Å². The molecule has 2 aromatic carbocycles. The monoisotopic (exact) mass is 391 g/mol. The van der Waals surface area contributed by atoms with Crippen LogP contribution in [0, 0.1) is 5.82 Å². The van der Waals surface area contributed by atoms with Crippen molar-refractivity contribution in [1.29, 1.82) is 0 Å². The fourth-order valence-electron chi connectivity index (χ4n) is 3.15. The Morgan fingerprint density at radius 3 is 2.15 bits per heavy atom. The number of halogens is 2. The van der Waals surface area contributed by atoms with Crippen molar-refractivity contribution in [3.05, 3.63) is 71.5 Å².